The molecule has 8 nitrogen and oxygen atoms in total. The van der Waals surface area contributed by atoms with Crippen molar-refractivity contribution < 1.29 is 23.4 Å². The van der Waals surface area contributed by atoms with Crippen LogP contribution in [0.4, 0.5) is 0 Å². The summed E-state index contributed by atoms with van der Waals surface area (Å²) in [4.78, 5) is 12.8. The van der Waals surface area contributed by atoms with Crippen LogP contribution in [0, 0.1) is 6.92 Å². The Labute approximate surface area is 149 Å². The number of para-hydroxylation sites is 1. The standard InChI is InChI=1S/C18H19N3O5/c1-10-12-4-3-5-14(23-2)17(12)26-16(10)18(22)21-13-8-24-9-15(13)25-11-6-19-20-7-11/h3-7,13,15H,8-9H2,1-2H3,(H,19,20)(H,21,22)/t13-,15+/m0/s1. The van der Waals surface area contributed by atoms with E-state index in [-0.39, 0.29) is 23.8 Å². The predicted molar refractivity (Wildman–Crippen MR) is 92.6 cm³/mol. The highest BCUT2D eigenvalue weighted by molar-refractivity contribution is 6.00. The van der Waals surface area contributed by atoms with Gasteiger partial charge >= 0.3 is 0 Å². The number of aromatic amines is 1. The maximum atomic E-state index is 12.8. The van der Waals surface area contributed by atoms with Gasteiger partial charge in [-0.25, -0.2) is 0 Å². The minimum atomic E-state index is -0.308. The number of nitrogens with one attached hydrogen (secondary N) is 2. The summed E-state index contributed by atoms with van der Waals surface area (Å²) in [6, 6.07) is 5.28. The van der Waals surface area contributed by atoms with Gasteiger partial charge in [0.1, 0.15) is 6.10 Å². The second-order valence-electron chi connectivity index (χ2n) is 6.10. The molecular formula is C18H19N3O5. The molecule has 2 atom stereocenters. The van der Waals surface area contributed by atoms with Crippen LogP contribution in [-0.4, -0.2) is 48.6 Å². The molecule has 0 saturated carbocycles. The van der Waals surface area contributed by atoms with Gasteiger partial charge in [-0.15, -0.1) is 0 Å². The van der Waals surface area contributed by atoms with Crippen LogP contribution in [0.1, 0.15) is 16.1 Å². The number of rotatable bonds is 5. The van der Waals surface area contributed by atoms with Crippen molar-refractivity contribution >= 4 is 16.9 Å². The molecule has 0 bridgehead atoms. The second kappa shape index (κ2) is 6.72. The lowest BCUT2D eigenvalue weighted by Gasteiger charge is -2.19. The summed E-state index contributed by atoms with van der Waals surface area (Å²) in [5, 5.41) is 10.3. The summed E-state index contributed by atoms with van der Waals surface area (Å²) in [6.07, 6.45) is 2.93. The van der Waals surface area contributed by atoms with Crippen LogP contribution in [0.15, 0.2) is 35.0 Å². The van der Waals surface area contributed by atoms with Gasteiger partial charge in [0, 0.05) is 10.9 Å². The van der Waals surface area contributed by atoms with Crippen LogP contribution in [0.5, 0.6) is 11.5 Å². The first kappa shape index (κ1) is 16.5. The zero-order valence-electron chi connectivity index (χ0n) is 14.4. The number of ether oxygens (including phenoxy) is 3. The Morgan fingerprint density at radius 1 is 1.38 bits per heavy atom. The third kappa shape index (κ3) is 2.88. The van der Waals surface area contributed by atoms with Crippen LogP contribution in [0.3, 0.4) is 0 Å². The van der Waals surface area contributed by atoms with Crippen molar-refractivity contribution in [1.29, 1.82) is 0 Å². The summed E-state index contributed by atoms with van der Waals surface area (Å²) in [5.41, 5.74) is 1.33. The molecule has 0 aliphatic carbocycles. The molecular weight excluding hydrogens is 338 g/mol. The number of amides is 1. The number of carbonyl (C=O) groups excluding carboxylic acids is 1. The lowest BCUT2D eigenvalue weighted by molar-refractivity contribution is 0.0877. The van der Waals surface area contributed by atoms with Gasteiger partial charge in [-0.2, -0.15) is 5.10 Å². The van der Waals surface area contributed by atoms with Gasteiger partial charge in [-0.05, 0) is 13.0 Å². The number of benzene rings is 1. The largest absolute Gasteiger partial charge is 0.493 e. The van der Waals surface area contributed by atoms with E-state index in [2.05, 4.69) is 15.5 Å². The molecule has 1 aromatic carbocycles. The highest BCUT2D eigenvalue weighted by Crippen LogP contribution is 2.32. The second-order valence-corrected chi connectivity index (χ2v) is 6.10. The van der Waals surface area contributed by atoms with Crippen LogP contribution >= 0.6 is 0 Å². The molecule has 1 aliphatic heterocycles. The van der Waals surface area contributed by atoms with Crippen molar-refractivity contribution in [3.63, 3.8) is 0 Å². The molecule has 1 fully saturated rings. The summed E-state index contributed by atoms with van der Waals surface area (Å²) in [7, 11) is 1.57. The predicted octanol–water partition coefficient (Wildman–Crippen LogP) is 2.05. The summed E-state index contributed by atoms with van der Waals surface area (Å²) in [5.74, 6) is 1.15. The number of aromatic nitrogens is 2. The number of carbonyl (C=O) groups is 1. The Bertz CT molecular complexity index is 918. The van der Waals surface area contributed by atoms with Crippen LogP contribution in [-0.2, 0) is 4.74 Å². The van der Waals surface area contributed by atoms with Crippen molar-refractivity contribution in [2.24, 2.45) is 0 Å². The van der Waals surface area contributed by atoms with Crippen LogP contribution in [0.25, 0.3) is 11.0 Å². The first-order valence-electron chi connectivity index (χ1n) is 8.27. The fraction of sp³-hybridized carbons (Fsp3) is 0.333. The van der Waals surface area contributed by atoms with E-state index in [1.54, 1.807) is 25.6 Å². The fourth-order valence-corrected chi connectivity index (χ4v) is 3.09. The number of fused-ring (bicyclic) bond motifs is 1. The van der Waals surface area contributed by atoms with Gasteiger partial charge in [-0.1, -0.05) is 12.1 Å². The third-order valence-electron chi connectivity index (χ3n) is 4.46. The van der Waals surface area contributed by atoms with Crippen molar-refractivity contribution in [2.75, 3.05) is 20.3 Å². The van der Waals surface area contributed by atoms with E-state index in [4.69, 9.17) is 18.6 Å². The van der Waals surface area contributed by atoms with Gasteiger partial charge in [0.2, 0.25) is 0 Å². The van der Waals surface area contributed by atoms with Gasteiger partial charge < -0.3 is 23.9 Å². The summed E-state index contributed by atoms with van der Waals surface area (Å²) < 4.78 is 22.4. The molecule has 26 heavy (non-hydrogen) atoms. The van der Waals surface area contributed by atoms with Gasteiger partial charge in [0.15, 0.2) is 22.8 Å². The zero-order valence-corrected chi connectivity index (χ0v) is 14.4. The van der Waals surface area contributed by atoms with E-state index in [0.29, 0.717) is 30.3 Å². The Balaban J connectivity index is 1.54. The normalized spacial score (nSPS) is 19.6. The topological polar surface area (TPSA) is 98.6 Å². The van der Waals surface area contributed by atoms with E-state index in [0.717, 1.165) is 10.9 Å². The molecule has 1 saturated heterocycles. The number of furan rings is 1. The molecule has 1 amide bonds. The van der Waals surface area contributed by atoms with E-state index in [1.165, 1.54) is 0 Å². The average molecular weight is 357 g/mol. The van der Waals surface area contributed by atoms with Crippen molar-refractivity contribution in [2.45, 2.75) is 19.1 Å². The van der Waals surface area contributed by atoms with Crippen LogP contribution in [0.2, 0.25) is 0 Å². The number of hydrogen-bond acceptors (Lipinski definition) is 6. The summed E-state index contributed by atoms with van der Waals surface area (Å²) >= 11 is 0. The Morgan fingerprint density at radius 2 is 2.27 bits per heavy atom. The molecule has 3 aromatic rings. The number of hydrogen-bond donors (Lipinski definition) is 2. The lowest BCUT2D eigenvalue weighted by Crippen LogP contribution is -2.45. The molecule has 0 spiro atoms. The molecule has 0 radical (unpaired) electrons. The number of H-pyrrole nitrogens is 1. The Hall–Kier alpha value is -3.00. The first-order chi connectivity index (χ1) is 12.7. The average Bonchev–Trinajstić information content (AvgIpc) is 3.37. The maximum Gasteiger partial charge on any atom is 0.287 e. The molecule has 0 unspecified atom stereocenters. The van der Waals surface area contributed by atoms with Crippen LogP contribution < -0.4 is 14.8 Å². The molecule has 1 aliphatic rings. The van der Waals surface area contributed by atoms with Crippen molar-refractivity contribution in [1.82, 2.24) is 15.5 Å². The smallest absolute Gasteiger partial charge is 0.287 e. The third-order valence-corrected chi connectivity index (χ3v) is 4.46. The molecule has 2 aromatic heterocycles. The minimum Gasteiger partial charge on any atom is -0.493 e. The lowest BCUT2D eigenvalue weighted by atomic mass is 10.1. The Kier molecular flexibility index (Phi) is 4.26. The van der Waals surface area contributed by atoms with E-state index in [9.17, 15) is 4.79 Å². The summed E-state index contributed by atoms with van der Waals surface area (Å²) in [6.45, 7) is 2.62. The fourth-order valence-electron chi connectivity index (χ4n) is 3.09. The molecule has 136 valence electrons. The highest BCUT2D eigenvalue weighted by atomic mass is 16.5. The van der Waals surface area contributed by atoms with Crippen molar-refractivity contribution in [3.05, 3.63) is 41.9 Å². The molecule has 8 heteroatoms. The number of nitrogens with zero attached hydrogens (tertiary/aromatic N) is 1. The monoisotopic (exact) mass is 357 g/mol. The zero-order chi connectivity index (χ0) is 18.1. The number of aryl methyl sites for hydroxylation is 1. The van der Waals surface area contributed by atoms with Gasteiger partial charge in [0.05, 0.1) is 38.8 Å². The first-order valence-corrected chi connectivity index (χ1v) is 8.27. The maximum absolute atomic E-state index is 12.8. The van der Waals surface area contributed by atoms with Gasteiger partial charge in [-0.3, -0.25) is 9.89 Å². The van der Waals surface area contributed by atoms with E-state index in [1.807, 2.05) is 19.1 Å². The SMILES string of the molecule is COc1cccc2c(C)c(C(=O)N[C@H]3COC[C@H]3Oc3cn[nH]c3)oc12. The highest BCUT2D eigenvalue weighted by Gasteiger charge is 2.33. The van der Waals surface area contributed by atoms with E-state index < -0.39 is 0 Å². The molecule has 4 rings (SSSR count). The molecule has 2 N–H and O–H groups in total. The van der Waals surface area contributed by atoms with E-state index >= 15 is 0 Å². The van der Waals surface area contributed by atoms with Gasteiger partial charge in [0.25, 0.3) is 5.91 Å². The quantitative estimate of drug-likeness (QED) is 0.725. The number of methoxy groups -OCH3 is 1. The van der Waals surface area contributed by atoms with Crippen molar-refractivity contribution in [3.8, 4) is 11.5 Å². The molecule has 3 heterocycles. The Morgan fingerprint density at radius 3 is 3.04 bits per heavy atom. The minimum absolute atomic E-state index is 0.262.